The molecule has 106 valence electrons. The number of halogens is 2. The van der Waals surface area contributed by atoms with Crippen molar-refractivity contribution in [2.24, 2.45) is 0 Å². The second-order valence-corrected chi connectivity index (χ2v) is 4.56. The van der Waals surface area contributed by atoms with E-state index >= 15 is 0 Å². The first-order valence-electron chi connectivity index (χ1n) is 6.22. The van der Waals surface area contributed by atoms with E-state index in [-0.39, 0.29) is 11.6 Å². The molecule has 0 unspecified atom stereocenters. The molecule has 1 heterocycles. The van der Waals surface area contributed by atoms with Crippen molar-refractivity contribution in [2.75, 3.05) is 0 Å². The lowest BCUT2D eigenvalue weighted by atomic mass is 10.3. The topological polar surface area (TPSA) is 47.0 Å². The van der Waals surface area contributed by atoms with Crippen molar-refractivity contribution >= 4 is 0 Å². The molecule has 0 spiro atoms. The summed E-state index contributed by atoms with van der Waals surface area (Å²) in [5.41, 5.74) is 0.660. The van der Waals surface area contributed by atoms with Gasteiger partial charge in [0.25, 0.3) is 0 Å². The molecule has 20 heavy (non-hydrogen) atoms. The SMILES string of the molecule is CC(C)NCc1cncc(Oc2cc(F)ccc2F)n1. The van der Waals surface area contributed by atoms with E-state index < -0.39 is 11.6 Å². The number of hydrogen-bond acceptors (Lipinski definition) is 4. The van der Waals surface area contributed by atoms with Crippen molar-refractivity contribution in [1.82, 2.24) is 15.3 Å². The number of aromatic nitrogens is 2. The highest BCUT2D eigenvalue weighted by molar-refractivity contribution is 5.28. The third kappa shape index (κ3) is 3.96. The normalized spacial score (nSPS) is 10.8. The van der Waals surface area contributed by atoms with Crippen LogP contribution in [0.1, 0.15) is 19.5 Å². The molecule has 0 aliphatic heterocycles. The fourth-order valence-electron chi connectivity index (χ4n) is 1.50. The van der Waals surface area contributed by atoms with E-state index in [1.807, 2.05) is 13.8 Å². The van der Waals surface area contributed by atoms with E-state index in [0.717, 1.165) is 18.2 Å². The fourth-order valence-corrected chi connectivity index (χ4v) is 1.50. The summed E-state index contributed by atoms with van der Waals surface area (Å²) in [6, 6.07) is 3.30. The van der Waals surface area contributed by atoms with Crippen LogP contribution in [0.3, 0.4) is 0 Å². The lowest BCUT2D eigenvalue weighted by Crippen LogP contribution is -2.22. The Morgan fingerprint density at radius 3 is 2.80 bits per heavy atom. The van der Waals surface area contributed by atoms with Gasteiger partial charge < -0.3 is 10.1 Å². The van der Waals surface area contributed by atoms with Crippen molar-refractivity contribution in [1.29, 1.82) is 0 Å². The Morgan fingerprint density at radius 2 is 2.05 bits per heavy atom. The molecule has 0 aliphatic carbocycles. The van der Waals surface area contributed by atoms with Crippen LogP contribution in [0.25, 0.3) is 0 Å². The number of rotatable bonds is 5. The predicted molar refractivity (Wildman–Crippen MR) is 70.4 cm³/mol. The maximum absolute atomic E-state index is 13.5. The van der Waals surface area contributed by atoms with Gasteiger partial charge in [-0.1, -0.05) is 13.8 Å². The molecule has 2 rings (SSSR count). The van der Waals surface area contributed by atoms with Crippen molar-refractivity contribution in [3.05, 3.63) is 47.9 Å². The molecule has 0 saturated heterocycles. The van der Waals surface area contributed by atoms with Crippen LogP contribution in [0.5, 0.6) is 11.6 Å². The Labute approximate surface area is 115 Å². The van der Waals surface area contributed by atoms with Gasteiger partial charge in [0, 0.05) is 24.8 Å². The van der Waals surface area contributed by atoms with Gasteiger partial charge in [-0.25, -0.2) is 13.8 Å². The average molecular weight is 279 g/mol. The van der Waals surface area contributed by atoms with E-state index in [4.69, 9.17) is 4.74 Å². The van der Waals surface area contributed by atoms with Gasteiger partial charge in [-0.05, 0) is 12.1 Å². The molecule has 0 fully saturated rings. The second kappa shape index (κ2) is 6.38. The molecule has 1 aromatic carbocycles. The molecule has 0 radical (unpaired) electrons. The Hall–Kier alpha value is -2.08. The van der Waals surface area contributed by atoms with Gasteiger partial charge in [0.05, 0.1) is 11.9 Å². The first-order chi connectivity index (χ1) is 9.54. The third-order valence-corrected chi connectivity index (χ3v) is 2.46. The minimum absolute atomic E-state index is 0.123. The monoisotopic (exact) mass is 279 g/mol. The molecule has 4 nitrogen and oxygen atoms in total. The van der Waals surface area contributed by atoms with Gasteiger partial charge >= 0.3 is 0 Å². The minimum atomic E-state index is -0.654. The number of benzene rings is 1. The van der Waals surface area contributed by atoms with Gasteiger partial charge in [-0.3, -0.25) is 4.98 Å². The van der Waals surface area contributed by atoms with Crippen LogP contribution in [0.4, 0.5) is 8.78 Å². The van der Waals surface area contributed by atoms with Gasteiger partial charge in [0.15, 0.2) is 11.6 Å². The highest BCUT2D eigenvalue weighted by Gasteiger charge is 2.08. The summed E-state index contributed by atoms with van der Waals surface area (Å²) in [6.07, 6.45) is 2.94. The van der Waals surface area contributed by atoms with Crippen LogP contribution in [0.15, 0.2) is 30.6 Å². The zero-order valence-electron chi connectivity index (χ0n) is 11.2. The van der Waals surface area contributed by atoms with Gasteiger partial charge in [0.2, 0.25) is 5.88 Å². The van der Waals surface area contributed by atoms with Gasteiger partial charge in [0.1, 0.15) is 5.82 Å². The molecule has 0 saturated carbocycles. The quantitative estimate of drug-likeness (QED) is 0.913. The first kappa shape index (κ1) is 14.3. The lowest BCUT2D eigenvalue weighted by molar-refractivity contribution is 0.417. The zero-order chi connectivity index (χ0) is 14.5. The molecule has 6 heteroatoms. The molecular formula is C14H15F2N3O. The number of nitrogens with zero attached hydrogens (tertiary/aromatic N) is 2. The smallest absolute Gasteiger partial charge is 0.238 e. The van der Waals surface area contributed by atoms with Crippen LogP contribution in [0, 0.1) is 11.6 Å². The highest BCUT2D eigenvalue weighted by atomic mass is 19.1. The molecule has 0 amide bonds. The first-order valence-corrected chi connectivity index (χ1v) is 6.22. The minimum Gasteiger partial charge on any atom is -0.434 e. The maximum atomic E-state index is 13.5. The van der Waals surface area contributed by atoms with Crippen molar-refractivity contribution in [2.45, 2.75) is 26.4 Å². The maximum Gasteiger partial charge on any atom is 0.238 e. The zero-order valence-corrected chi connectivity index (χ0v) is 11.2. The Bertz CT molecular complexity index is 590. The van der Waals surface area contributed by atoms with Crippen LogP contribution >= 0.6 is 0 Å². The standard InChI is InChI=1S/C14H15F2N3O/c1-9(2)18-7-11-6-17-8-14(19-11)20-13-5-10(15)3-4-12(13)16/h3-6,8-9,18H,7H2,1-2H3. The van der Waals surface area contributed by atoms with E-state index in [0.29, 0.717) is 18.3 Å². The largest absolute Gasteiger partial charge is 0.434 e. The van der Waals surface area contributed by atoms with Crippen molar-refractivity contribution in [3.8, 4) is 11.6 Å². The molecule has 1 N–H and O–H groups in total. The molecule has 1 aromatic heterocycles. The molecule has 0 aliphatic rings. The summed E-state index contributed by atoms with van der Waals surface area (Å²) in [4.78, 5) is 8.14. The Balaban J connectivity index is 2.13. The van der Waals surface area contributed by atoms with Crippen LogP contribution < -0.4 is 10.1 Å². The predicted octanol–water partition coefficient (Wildman–Crippen LogP) is 3.05. The van der Waals surface area contributed by atoms with E-state index in [1.165, 1.54) is 6.20 Å². The summed E-state index contributed by atoms with van der Waals surface area (Å²) in [6.45, 7) is 4.54. The van der Waals surface area contributed by atoms with Crippen LogP contribution in [0.2, 0.25) is 0 Å². The fraction of sp³-hybridized carbons (Fsp3) is 0.286. The van der Waals surface area contributed by atoms with Crippen LogP contribution in [-0.4, -0.2) is 16.0 Å². The van der Waals surface area contributed by atoms with E-state index in [9.17, 15) is 8.78 Å². The number of hydrogen-bond donors (Lipinski definition) is 1. The van der Waals surface area contributed by atoms with E-state index in [1.54, 1.807) is 6.20 Å². The molecule has 0 atom stereocenters. The Morgan fingerprint density at radius 1 is 1.25 bits per heavy atom. The van der Waals surface area contributed by atoms with Gasteiger partial charge in [-0.2, -0.15) is 0 Å². The number of nitrogens with one attached hydrogen (secondary N) is 1. The summed E-state index contributed by atoms with van der Waals surface area (Å²) in [7, 11) is 0. The average Bonchev–Trinajstić information content (AvgIpc) is 2.41. The Kier molecular flexibility index (Phi) is 4.57. The lowest BCUT2D eigenvalue weighted by Gasteiger charge is -2.09. The van der Waals surface area contributed by atoms with Gasteiger partial charge in [-0.15, -0.1) is 0 Å². The highest BCUT2D eigenvalue weighted by Crippen LogP contribution is 2.23. The van der Waals surface area contributed by atoms with Crippen molar-refractivity contribution in [3.63, 3.8) is 0 Å². The van der Waals surface area contributed by atoms with Crippen molar-refractivity contribution < 1.29 is 13.5 Å². The van der Waals surface area contributed by atoms with Crippen LogP contribution in [-0.2, 0) is 6.54 Å². The summed E-state index contributed by atoms with van der Waals surface area (Å²) >= 11 is 0. The molecule has 0 bridgehead atoms. The number of ether oxygens (including phenoxy) is 1. The summed E-state index contributed by atoms with van der Waals surface area (Å²) < 4.78 is 31.7. The molecule has 2 aromatic rings. The van der Waals surface area contributed by atoms with E-state index in [2.05, 4.69) is 15.3 Å². The molecular weight excluding hydrogens is 264 g/mol. The summed E-state index contributed by atoms with van der Waals surface area (Å²) in [5.74, 6) is -1.32. The second-order valence-electron chi connectivity index (χ2n) is 4.56. The summed E-state index contributed by atoms with van der Waals surface area (Å²) in [5, 5.41) is 3.18. The third-order valence-electron chi connectivity index (χ3n) is 2.46.